The number of halogens is 1. The summed E-state index contributed by atoms with van der Waals surface area (Å²) in [6, 6.07) is 36.5. The summed E-state index contributed by atoms with van der Waals surface area (Å²) < 4.78 is 0. The number of benzene rings is 3. The van der Waals surface area contributed by atoms with Gasteiger partial charge in [-0.1, -0.05) is 0 Å². The molecule has 3 aromatic carbocycles. The Labute approximate surface area is 201 Å². The predicted molar refractivity (Wildman–Crippen MR) is 146 cm³/mol. The molecule has 0 spiro atoms. The second-order valence-corrected chi connectivity index (χ2v) is 17.6. The molecule has 1 aliphatic rings. The van der Waals surface area contributed by atoms with E-state index >= 15 is 0 Å². The Morgan fingerprint density at radius 1 is 0.656 bits per heavy atom. The quantitative estimate of drug-likeness (QED) is 0.268. The molecule has 0 atom stereocenters. The van der Waals surface area contributed by atoms with E-state index in [9.17, 15) is 0 Å². The summed E-state index contributed by atoms with van der Waals surface area (Å²) in [5.41, 5.74) is 1.48. The third kappa shape index (κ3) is 3.16. The zero-order chi connectivity index (χ0) is 22.3. The van der Waals surface area contributed by atoms with E-state index < -0.39 is 11.0 Å². The maximum atomic E-state index is 5.36. The van der Waals surface area contributed by atoms with Gasteiger partial charge >= 0.3 is 202 Å². The Kier molecular flexibility index (Phi) is 5.28. The molecule has 0 radical (unpaired) electrons. The Balaban J connectivity index is 1.98. The first kappa shape index (κ1) is 21.5. The molecular weight excluding hydrogens is 495 g/mol. The minimum atomic E-state index is -3.39. The number of thiophene rings is 1. The third-order valence-electron chi connectivity index (χ3n) is 5.85. The molecule has 0 saturated carbocycles. The van der Waals surface area contributed by atoms with E-state index in [0.717, 1.165) is 16.0 Å². The van der Waals surface area contributed by atoms with Gasteiger partial charge in [0.15, 0.2) is 0 Å². The van der Waals surface area contributed by atoms with E-state index in [1.54, 1.807) is 11.3 Å². The van der Waals surface area contributed by atoms with Crippen molar-refractivity contribution in [3.63, 3.8) is 0 Å². The van der Waals surface area contributed by atoms with Gasteiger partial charge in [0.05, 0.1) is 0 Å². The maximum absolute atomic E-state index is 5.36. The van der Waals surface area contributed by atoms with Gasteiger partial charge in [-0.05, 0) is 0 Å². The SMILES string of the molecule is CC1(C)N=C(c2cccs2)C(P(Br)(c2ccccc2)(c2ccccc2)c2ccccc2)=N1. The van der Waals surface area contributed by atoms with Crippen LogP contribution in [0.4, 0.5) is 0 Å². The molecule has 32 heavy (non-hydrogen) atoms. The molecule has 0 fully saturated rings. The van der Waals surface area contributed by atoms with Crippen LogP contribution in [0.5, 0.6) is 0 Å². The average molecular weight is 519 g/mol. The molecule has 0 bridgehead atoms. The van der Waals surface area contributed by atoms with Gasteiger partial charge in [-0.2, -0.15) is 0 Å². The fourth-order valence-corrected chi connectivity index (χ4v) is 13.0. The second-order valence-electron chi connectivity index (χ2n) is 8.38. The fourth-order valence-electron chi connectivity index (χ4n) is 4.47. The van der Waals surface area contributed by atoms with Crippen LogP contribution in [0, 0.1) is 0 Å². The van der Waals surface area contributed by atoms with Crippen LogP contribution in [-0.4, -0.2) is 16.8 Å². The van der Waals surface area contributed by atoms with E-state index in [2.05, 4.69) is 138 Å². The number of rotatable bonds is 5. The van der Waals surface area contributed by atoms with Crippen molar-refractivity contribution in [1.82, 2.24) is 0 Å². The third-order valence-corrected chi connectivity index (χ3v) is 16.3. The molecule has 0 amide bonds. The molecule has 0 unspecified atom stereocenters. The summed E-state index contributed by atoms with van der Waals surface area (Å²) >= 11 is 6.26. The molecule has 0 N–H and O–H groups in total. The van der Waals surface area contributed by atoms with Crippen LogP contribution < -0.4 is 15.9 Å². The number of hydrogen-bond donors (Lipinski definition) is 0. The number of hydrogen-bond acceptors (Lipinski definition) is 3. The molecule has 5 heteroatoms. The standard InChI is InChI=1S/C27H24BrN2PS/c1-27(2)29-25(24-19-12-20-32-24)26(30-27)31(28,21-13-6-3-7-14-21,22-15-8-4-9-16-22)23-17-10-5-11-18-23/h3-20H,1-2H3. The number of aliphatic imine (C=N–C) groups is 2. The van der Waals surface area contributed by atoms with E-state index in [4.69, 9.17) is 9.98 Å². The van der Waals surface area contributed by atoms with Crippen molar-refractivity contribution in [3.05, 3.63) is 113 Å². The molecule has 0 aliphatic carbocycles. The first-order valence-electron chi connectivity index (χ1n) is 10.6. The minimum absolute atomic E-state index is 0.538. The topological polar surface area (TPSA) is 24.7 Å². The second kappa shape index (κ2) is 7.88. The summed E-state index contributed by atoms with van der Waals surface area (Å²) in [6.07, 6.45) is 0. The molecular formula is C27H24BrN2PS. The van der Waals surface area contributed by atoms with Gasteiger partial charge in [-0.25, -0.2) is 0 Å². The van der Waals surface area contributed by atoms with Gasteiger partial charge in [-0.15, -0.1) is 0 Å². The molecule has 1 aromatic heterocycles. The Morgan fingerprint density at radius 3 is 1.53 bits per heavy atom. The molecule has 2 heterocycles. The van der Waals surface area contributed by atoms with Crippen molar-refractivity contribution in [3.8, 4) is 0 Å². The van der Waals surface area contributed by atoms with Gasteiger partial charge in [-0.3, -0.25) is 0 Å². The van der Waals surface area contributed by atoms with Gasteiger partial charge < -0.3 is 0 Å². The van der Waals surface area contributed by atoms with Crippen LogP contribution in [0.25, 0.3) is 0 Å². The predicted octanol–water partition coefficient (Wildman–Crippen LogP) is 6.53. The summed E-state index contributed by atoms with van der Waals surface area (Å²) in [4.78, 5) is 11.7. The van der Waals surface area contributed by atoms with Gasteiger partial charge in [0, 0.05) is 0 Å². The van der Waals surface area contributed by atoms with Gasteiger partial charge in [0.1, 0.15) is 0 Å². The van der Waals surface area contributed by atoms with Crippen molar-refractivity contribution < 1.29 is 0 Å². The Bertz CT molecular complexity index is 1200. The summed E-state index contributed by atoms with van der Waals surface area (Å²) in [7, 11) is 0. The van der Waals surface area contributed by atoms with Crippen LogP contribution in [-0.2, 0) is 0 Å². The van der Waals surface area contributed by atoms with Crippen molar-refractivity contribution >= 4 is 59.2 Å². The van der Waals surface area contributed by atoms with Crippen LogP contribution in [0.1, 0.15) is 18.7 Å². The van der Waals surface area contributed by atoms with E-state index in [-0.39, 0.29) is 0 Å². The van der Waals surface area contributed by atoms with Crippen LogP contribution in [0.15, 0.2) is 118 Å². The average Bonchev–Trinajstić information content (AvgIpc) is 3.48. The zero-order valence-electron chi connectivity index (χ0n) is 18.0. The van der Waals surface area contributed by atoms with E-state index in [0.29, 0.717) is 0 Å². The summed E-state index contributed by atoms with van der Waals surface area (Å²) in [5.74, 6) is 0. The molecule has 160 valence electrons. The molecule has 0 saturated heterocycles. The molecule has 1 aliphatic heterocycles. The van der Waals surface area contributed by atoms with Crippen molar-refractivity contribution in [1.29, 1.82) is 0 Å². The number of nitrogens with zero attached hydrogens (tertiary/aromatic N) is 2. The Morgan fingerprint density at radius 2 is 1.12 bits per heavy atom. The zero-order valence-corrected chi connectivity index (χ0v) is 21.3. The van der Waals surface area contributed by atoms with Crippen LogP contribution in [0.3, 0.4) is 0 Å². The van der Waals surface area contributed by atoms with Crippen molar-refractivity contribution in [2.45, 2.75) is 19.5 Å². The Hall–Kier alpha value is -2.39. The summed E-state index contributed by atoms with van der Waals surface area (Å²) in [6.45, 7) is 4.17. The fraction of sp³-hybridized carbons (Fsp3) is 0.111. The molecule has 4 aromatic rings. The van der Waals surface area contributed by atoms with Crippen molar-refractivity contribution in [2.75, 3.05) is 0 Å². The van der Waals surface area contributed by atoms with E-state index in [1.165, 1.54) is 15.9 Å². The van der Waals surface area contributed by atoms with E-state index in [1.807, 2.05) is 0 Å². The van der Waals surface area contributed by atoms with Crippen LogP contribution >= 0.6 is 32.1 Å². The molecule has 2 nitrogen and oxygen atoms in total. The molecule has 5 rings (SSSR count). The van der Waals surface area contributed by atoms with Crippen LogP contribution in [0.2, 0.25) is 0 Å². The first-order chi connectivity index (χ1) is 15.4. The summed E-state index contributed by atoms with van der Waals surface area (Å²) in [5, 5.41) is 2.38. The van der Waals surface area contributed by atoms with Gasteiger partial charge in [0.2, 0.25) is 0 Å². The van der Waals surface area contributed by atoms with Gasteiger partial charge in [0.25, 0.3) is 0 Å². The van der Waals surface area contributed by atoms with Crippen molar-refractivity contribution in [2.24, 2.45) is 9.98 Å². The first-order valence-corrected chi connectivity index (χ1v) is 15.7. The monoisotopic (exact) mass is 518 g/mol. The normalized spacial score (nSPS) is 16.7.